The average Bonchev–Trinajstić information content (AvgIpc) is 2.45. The molecule has 106 valence electrons. The van der Waals surface area contributed by atoms with Crippen molar-refractivity contribution in [3.63, 3.8) is 0 Å². The minimum absolute atomic E-state index is 0.100. The van der Waals surface area contributed by atoms with Crippen molar-refractivity contribution in [1.82, 2.24) is 0 Å². The van der Waals surface area contributed by atoms with Gasteiger partial charge >= 0.3 is 0 Å². The van der Waals surface area contributed by atoms with Gasteiger partial charge in [-0.3, -0.25) is 0 Å². The molecular formula is C17H27ClSi. The topological polar surface area (TPSA) is 0 Å². The molecule has 2 heteroatoms. The lowest BCUT2D eigenvalue weighted by Gasteiger charge is -2.21. The highest BCUT2D eigenvalue weighted by atomic mass is 35.5. The molecule has 0 amide bonds. The van der Waals surface area contributed by atoms with Gasteiger partial charge in [0.2, 0.25) is 0 Å². The molecule has 0 spiro atoms. The second-order valence-electron chi connectivity index (χ2n) is 6.21. The molecule has 1 unspecified atom stereocenters. The highest BCUT2D eigenvalue weighted by molar-refractivity contribution is 6.36. The van der Waals surface area contributed by atoms with Gasteiger partial charge in [0, 0.05) is 14.5 Å². The minimum Gasteiger partial charge on any atom is -0.0840 e. The molecule has 0 radical (unpaired) electrons. The molecular weight excluding hydrogens is 268 g/mol. The van der Waals surface area contributed by atoms with E-state index in [0.29, 0.717) is 5.92 Å². The molecule has 1 aliphatic rings. The van der Waals surface area contributed by atoms with Crippen LogP contribution in [0, 0.1) is 5.92 Å². The molecule has 0 bridgehead atoms. The van der Waals surface area contributed by atoms with Crippen LogP contribution in [-0.2, 0) is 0 Å². The van der Waals surface area contributed by atoms with E-state index in [4.69, 9.17) is 11.6 Å². The Hall–Kier alpha value is -0.273. The van der Waals surface area contributed by atoms with Crippen LogP contribution in [-0.4, -0.2) is 9.52 Å². The monoisotopic (exact) mass is 294 g/mol. The summed E-state index contributed by atoms with van der Waals surface area (Å²) in [6, 6.07) is 11.3. The number of halogens is 1. The van der Waals surface area contributed by atoms with Crippen molar-refractivity contribution < 1.29 is 0 Å². The van der Waals surface area contributed by atoms with E-state index in [1.165, 1.54) is 50.1 Å². The number of hydrogen-bond donors (Lipinski definition) is 0. The molecule has 0 aromatic heterocycles. The fourth-order valence-electron chi connectivity index (χ4n) is 3.39. The summed E-state index contributed by atoms with van der Waals surface area (Å²) < 4.78 is 0. The van der Waals surface area contributed by atoms with E-state index < -0.39 is 0 Å². The summed E-state index contributed by atoms with van der Waals surface area (Å²) in [5.74, 6) is 1.73. The maximum atomic E-state index is 6.27. The Kier molecular flexibility index (Phi) is 6.46. The summed E-state index contributed by atoms with van der Waals surface area (Å²) >= 11 is 6.27. The Balaban J connectivity index is 1.66. The summed E-state index contributed by atoms with van der Waals surface area (Å²) in [7, 11) is 0.100. The van der Waals surface area contributed by atoms with Crippen LogP contribution in [0.4, 0.5) is 0 Å². The molecule has 1 aromatic rings. The van der Waals surface area contributed by atoms with Crippen molar-refractivity contribution in [2.75, 3.05) is 0 Å². The second-order valence-corrected chi connectivity index (χ2v) is 8.61. The molecule has 19 heavy (non-hydrogen) atoms. The molecule has 0 N–H and O–H groups in total. The first-order valence-electron chi connectivity index (χ1n) is 8.02. The molecule has 1 fully saturated rings. The molecule has 0 aliphatic heterocycles. The summed E-state index contributed by atoms with van der Waals surface area (Å²) in [6.07, 6.45) is 8.99. The van der Waals surface area contributed by atoms with Crippen LogP contribution in [0.1, 0.15) is 56.9 Å². The van der Waals surface area contributed by atoms with Gasteiger partial charge in [-0.05, 0) is 23.5 Å². The van der Waals surface area contributed by atoms with Crippen molar-refractivity contribution in [2.24, 2.45) is 5.92 Å². The Morgan fingerprint density at radius 1 is 1.21 bits per heavy atom. The Morgan fingerprint density at radius 2 is 1.95 bits per heavy atom. The molecule has 0 heterocycles. The minimum atomic E-state index is 0.100. The maximum absolute atomic E-state index is 6.27. The molecule has 1 atom stereocenters. The fraction of sp³-hybridized carbons (Fsp3) is 0.647. The third-order valence-corrected chi connectivity index (χ3v) is 7.19. The van der Waals surface area contributed by atoms with E-state index in [2.05, 4.69) is 19.1 Å². The van der Waals surface area contributed by atoms with Gasteiger partial charge in [0.1, 0.15) is 0 Å². The zero-order valence-electron chi connectivity index (χ0n) is 12.2. The van der Waals surface area contributed by atoms with E-state index in [1.54, 1.807) is 6.04 Å². The zero-order chi connectivity index (χ0) is 13.5. The number of hydrogen-bond acceptors (Lipinski definition) is 0. The van der Waals surface area contributed by atoms with E-state index in [9.17, 15) is 0 Å². The lowest BCUT2D eigenvalue weighted by molar-refractivity contribution is 0.349. The summed E-state index contributed by atoms with van der Waals surface area (Å²) in [4.78, 5) is 0. The van der Waals surface area contributed by atoms with Crippen LogP contribution in [0.5, 0.6) is 0 Å². The molecule has 2 rings (SSSR count). The van der Waals surface area contributed by atoms with Crippen LogP contribution in [0.25, 0.3) is 0 Å². The smallest absolute Gasteiger partial charge is 0.0440 e. The van der Waals surface area contributed by atoms with Crippen molar-refractivity contribution in [3.05, 3.63) is 34.9 Å². The summed E-state index contributed by atoms with van der Waals surface area (Å²) in [6.45, 7) is 2.34. The largest absolute Gasteiger partial charge is 0.0840 e. The Labute approximate surface area is 125 Å². The Morgan fingerprint density at radius 3 is 2.68 bits per heavy atom. The molecule has 0 saturated heterocycles. The second kappa shape index (κ2) is 8.11. The van der Waals surface area contributed by atoms with Crippen LogP contribution >= 0.6 is 11.6 Å². The van der Waals surface area contributed by atoms with E-state index in [1.807, 2.05) is 12.1 Å². The lowest BCUT2D eigenvalue weighted by Crippen LogP contribution is -2.08. The highest BCUT2D eigenvalue weighted by Crippen LogP contribution is 2.29. The molecule has 1 saturated carbocycles. The Bertz CT molecular complexity index is 371. The van der Waals surface area contributed by atoms with E-state index in [0.717, 1.165) is 10.9 Å². The van der Waals surface area contributed by atoms with Crippen LogP contribution < -0.4 is 0 Å². The summed E-state index contributed by atoms with van der Waals surface area (Å²) in [5, 5.41) is 0.955. The van der Waals surface area contributed by atoms with Gasteiger partial charge in [0.05, 0.1) is 0 Å². The highest BCUT2D eigenvalue weighted by Gasteiger charge is 2.13. The van der Waals surface area contributed by atoms with Crippen molar-refractivity contribution >= 4 is 21.1 Å². The lowest BCUT2D eigenvalue weighted by atomic mass is 9.88. The quantitative estimate of drug-likeness (QED) is 0.485. The van der Waals surface area contributed by atoms with E-state index >= 15 is 0 Å². The van der Waals surface area contributed by atoms with Gasteiger partial charge in [-0.2, -0.15) is 0 Å². The number of benzene rings is 1. The third-order valence-electron chi connectivity index (χ3n) is 4.66. The first kappa shape index (κ1) is 15.1. The first-order valence-corrected chi connectivity index (χ1v) is 10.4. The SMILES string of the molecule is CC(C[SiH2]CCC1CCCCC1)c1ccccc1Cl. The van der Waals surface area contributed by atoms with Crippen LogP contribution in [0.2, 0.25) is 17.1 Å². The molecule has 1 aliphatic carbocycles. The van der Waals surface area contributed by atoms with Crippen molar-refractivity contribution in [2.45, 2.75) is 63.5 Å². The van der Waals surface area contributed by atoms with Gasteiger partial charge < -0.3 is 0 Å². The van der Waals surface area contributed by atoms with Gasteiger partial charge in [0.15, 0.2) is 0 Å². The van der Waals surface area contributed by atoms with Crippen molar-refractivity contribution in [1.29, 1.82) is 0 Å². The molecule has 0 nitrogen and oxygen atoms in total. The third kappa shape index (κ3) is 4.96. The fourth-order valence-corrected chi connectivity index (χ4v) is 5.79. The normalized spacial score (nSPS) is 19.1. The van der Waals surface area contributed by atoms with Gasteiger partial charge in [-0.1, -0.05) is 87.3 Å². The van der Waals surface area contributed by atoms with Crippen molar-refractivity contribution in [3.8, 4) is 0 Å². The van der Waals surface area contributed by atoms with E-state index in [-0.39, 0.29) is 9.52 Å². The maximum Gasteiger partial charge on any atom is 0.0440 e. The average molecular weight is 295 g/mol. The number of rotatable bonds is 6. The van der Waals surface area contributed by atoms with Gasteiger partial charge in [-0.15, -0.1) is 0 Å². The van der Waals surface area contributed by atoms with Gasteiger partial charge in [0.25, 0.3) is 0 Å². The predicted octanol–water partition coefficient (Wildman–Crippen LogP) is 5.42. The van der Waals surface area contributed by atoms with Crippen LogP contribution in [0.15, 0.2) is 24.3 Å². The predicted molar refractivity (Wildman–Crippen MR) is 89.2 cm³/mol. The standard InChI is InChI=1S/C17H27ClSi/c1-14(16-9-5-6-10-17(16)18)13-19-12-11-15-7-3-2-4-8-15/h5-6,9-10,14-15H,2-4,7-8,11-13,19H2,1H3. The first-order chi connectivity index (χ1) is 9.27. The zero-order valence-corrected chi connectivity index (χ0v) is 14.4. The van der Waals surface area contributed by atoms with Crippen LogP contribution in [0.3, 0.4) is 0 Å². The summed E-state index contributed by atoms with van der Waals surface area (Å²) in [5.41, 5.74) is 1.36. The molecule has 1 aromatic carbocycles. The van der Waals surface area contributed by atoms with Gasteiger partial charge in [-0.25, -0.2) is 0 Å².